The third kappa shape index (κ3) is 4.57. The molecular formula is C18H31N5O. The SMILES string of the molecule is CCN1CCC(NC(=O)CN2CCC[C@@H]2Cn2cc(C)cn2)CC1. The van der Waals surface area contributed by atoms with Gasteiger partial charge in [0.1, 0.15) is 0 Å². The Morgan fingerprint density at radius 2 is 2.08 bits per heavy atom. The van der Waals surface area contributed by atoms with Crippen LogP contribution >= 0.6 is 0 Å². The normalized spacial score (nSPS) is 23.7. The highest BCUT2D eigenvalue weighted by Gasteiger charge is 2.28. The summed E-state index contributed by atoms with van der Waals surface area (Å²) in [5, 5.41) is 7.64. The molecule has 2 aliphatic heterocycles. The van der Waals surface area contributed by atoms with Crippen LogP contribution in [0, 0.1) is 6.92 Å². The number of hydrogen-bond acceptors (Lipinski definition) is 4. The maximum Gasteiger partial charge on any atom is 0.234 e. The molecule has 1 atom stereocenters. The number of rotatable bonds is 6. The van der Waals surface area contributed by atoms with E-state index in [9.17, 15) is 4.79 Å². The second kappa shape index (κ2) is 8.12. The van der Waals surface area contributed by atoms with E-state index in [1.807, 2.05) is 10.9 Å². The quantitative estimate of drug-likeness (QED) is 0.851. The van der Waals surface area contributed by atoms with Gasteiger partial charge in [-0.15, -0.1) is 0 Å². The summed E-state index contributed by atoms with van der Waals surface area (Å²) in [4.78, 5) is 17.2. The Bertz CT molecular complexity index is 535. The molecule has 6 heteroatoms. The molecule has 134 valence electrons. The number of carbonyl (C=O) groups excluding carboxylic acids is 1. The molecule has 0 bridgehead atoms. The minimum absolute atomic E-state index is 0.188. The zero-order chi connectivity index (χ0) is 16.9. The molecule has 0 aromatic carbocycles. The van der Waals surface area contributed by atoms with Gasteiger partial charge < -0.3 is 10.2 Å². The van der Waals surface area contributed by atoms with E-state index >= 15 is 0 Å². The summed E-state index contributed by atoms with van der Waals surface area (Å²) in [7, 11) is 0. The van der Waals surface area contributed by atoms with Gasteiger partial charge in [0.15, 0.2) is 0 Å². The number of nitrogens with zero attached hydrogens (tertiary/aromatic N) is 4. The molecule has 2 saturated heterocycles. The first-order valence-electron chi connectivity index (χ1n) is 9.39. The topological polar surface area (TPSA) is 53.4 Å². The van der Waals surface area contributed by atoms with Gasteiger partial charge in [-0.2, -0.15) is 5.10 Å². The molecule has 1 aromatic rings. The van der Waals surface area contributed by atoms with Crippen LogP contribution < -0.4 is 5.32 Å². The fraction of sp³-hybridized carbons (Fsp3) is 0.778. The molecule has 6 nitrogen and oxygen atoms in total. The van der Waals surface area contributed by atoms with Gasteiger partial charge in [-0.25, -0.2) is 0 Å². The van der Waals surface area contributed by atoms with Crippen molar-refractivity contribution in [1.29, 1.82) is 0 Å². The average molecular weight is 333 g/mol. The van der Waals surface area contributed by atoms with Crippen LogP contribution in [-0.4, -0.2) is 70.3 Å². The van der Waals surface area contributed by atoms with Gasteiger partial charge in [0.05, 0.1) is 19.3 Å². The van der Waals surface area contributed by atoms with Crippen molar-refractivity contribution in [3.63, 3.8) is 0 Å². The second-order valence-corrected chi connectivity index (χ2v) is 7.28. The lowest BCUT2D eigenvalue weighted by Crippen LogP contribution is -2.48. The smallest absolute Gasteiger partial charge is 0.234 e. The first-order valence-corrected chi connectivity index (χ1v) is 9.39. The van der Waals surface area contributed by atoms with E-state index in [0.717, 1.165) is 52.0 Å². The van der Waals surface area contributed by atoms with Gasteiger partial charge in [-0.05, 0) is 51.3 Å². The Morgan fingerprint density at radius 3 is 2.75 bits per heavy atom. The number of aryl methyl sites for hydroxylation is 1. The van der Waals surface area contributed by atoms with Gasteiger partial charge in [-0.3, -0.25) is 14.4 Å². The summed E-state index contributed by atoms with van der Waals surface area (Å²) >= 11 is 0. The van der Waals surface area contributed by atoms with Crippen molar-refractivity contribution >= 4 is 5.91 Å². The molecule has 1 N–H and O–H groups in total. The van der Waals surface area contributed by atoms with E-state index < -0.39 is 0 Å². The van der Waals surface area contributed by atoms with Crippen molar-refractivity contribution < 1.29 is 4.79 Å². The fourth-order valence-electron chi connectivity index (χ4n) is 3.94. The zero-order valence-corrected chi connectivity index (χ0v) is 15.1. The molecule has 1 aromatic heterocycles. The molecule has 2 fully saturated rings. The van der Waals surface area contributed by atoms with Crippen molar-refractivity contribution in [2.75, 3.05) is 32.7 Å². The van der Waals surface area contributed by atoms with Crippen LogP contribution in [0.2, 0.25) is 0 Å². The van der Waals surface area contributed by atoms with Gasteiger partial charge in [-0.1, -0.05) is 6.92 Å². The predicted molar refractivity (Wildman–Crippen MR) is 94.8 cm³/mol. The summed E-state index contributed by atoms with van der Waals surface area (Å²) in [5.74, 6) is 0.188. The van der Waals surface area contributed by atoms with E-state index in [-0.39, 0.29) is 5.91 Å². The third-order valence-corrected chi connectivity index (χ3v) is 5.41. The van der Waals surface area contributed by atoms with Crippen LogP contribution in [0.1, 0.15) is 38.2 Å². The molecule has 3 heterocycles. The molecule has 1 amide bonds. The first kappa shape index (κ1) is 17.4. The van der Waals surface area contributed by atoms with Crippen LogP contribution in [0.5, 0.6) is 0 Å². The van der Waals surface area contributed by atoms with Crippen LogP contribution in [-0.2, 0) is 11.3 Å². The fourth-order valence-corrected chi connectivity index (χ4v) is 3.94. The molecule has 2 aliphatic rings. The maximum absolute atomic E-state index is 12.4. The highest BCUT2D eigenvalue weighted by atomic mass is 16.2. The lowest BCUT2D eigenvalue weighted by atomic mass is 10.1. The Balaban J connectivity index is 1.45. The minimum Gasteiger partial charge on any atom is -0.352 e. The highest BCUT2D eigenvalue weighted by Crippen LogP contribution is 2.18. The third-order valence-electron chi connectivity index (χ3n) is 5.41. The average Bonchev–Trinajstić information content (AvgIpc) is 3.18. The van der Waals surface area contributed by atoms with Gasteiger partial charge in [0.2, 0.25) is 5.91 Å². The Morgan fingerprint density at radius 1 is 1.29 bits per heavy atom. The van der Waals surface area contributed by atoms with Crippen LogP contribution in [0.4, 0.5) is 0 Å². The molecule has 3 rings (SSSR count). The van der Waals surface area contributed by atoms with E-state index in [4.69, 9.17) is 0 Å². The minimum atomic E-state index is 0.188. The van der Waals surface area contributed by atoms with Crippen molar-refractivity contribution in [1.82, 2.24) is 24.9 Å². The molecule has 24 heavy (non-hydrogen) atoms. The van der Waals surface area contributed by atoms with E-state index in [2.05, 4.69) is 40.3 Å². The summed E-state index contributed by atoms with van der Waals surface area (Å²) < 4.78 is 2.01. The number of amides is 1. The number of nitrogens with one attached hydrogen (secondary N) is 1. The van der Waals surface area contributed by atoms with Crippen LogP contribution in [0.25, 0.3) is 0 Å². The van der Waals surface area contributed by atoms with Crippen molar-refractivity contribution in [3.8, 4) is 0 Å². The maximum atomic E-state index is 12.4. The molecule has 0 saturated carbocycles. The summed E-state index contributed by atoms with van der Waals surface area (Å²) in [6, 6.07) is 0.784. The summed E-state index contributed by atoms with van der Waals surface area (Å²) in [5.41, 5.74) is 1.19. The lowest BCUT2D eigenvalue weighted by molar-refractivity contribution is -0.123. The number of piperidine rings is 1. The molecule has 0 unspecified atom stereocenters. The van der Waals surface area contributed by atoms with E-state index in [1.54, 1.807) is 0 Å². The van der Waals surface area contributed by atoms with Crippen molar-refractivity contribution in [3.05, 3.63) is 18.0 Å². The number of carbonyl (C=O) groups is 1. The zero-order valence-electron chi connectivity index (χ0n) is 15.1. The predicted octanol–water partition coefficient (Wildman–Crippen LogP) is 1.26. The molecular weight excluding hydrogens is 302 g/mol. The number of aromatic nitrogens is 2. The molecule has 0 radical (unpaired) electrons. The highest BCUT2D eigenvalue weighted by molar-refractivity contribution is 5.78. The van der Waals surface area contributed by atoms with Crippen LogP contribution in [0.3, 0.4) is 0 Å². The summed E-state index contributed by atoms with van der Waals surface area (Å²) in [6.07, 6.45) is 8.46. The van der Waals surface area contributed by atoms with Gasteiger partial charge >= 0.3 is 0 Å². The van der Waals surface area contributed by atoms with E-state index in [0.29, 0.717) is 18.6 Å². The Kier molecular flexibility index (Phi) is 5.89. The van der Waals surface area contributed by atoms with Crippen LogP contribution in [0.15, 0.2) is 12.4 Å². The summed E-state index contributed by atoms with van der Waals surface area (Å²) in [6.45, 7) is 10.0. The largest absolute Gasteiger partial charge is 0.352 e. The second-order valence-electron chi connectivity index (χ2n) is 7.28. The Hall–Kier alpha value is -1.40. The van der Waals surface area contributed by atoms with Crippen molar-refractivity contribution in [2.24, 2.45) is 0 Å². The van der Waals surface area contributed by atoms with Gasteiger partial charge in [0.25, 0.3) is 0 Å². The first-order chi connectivity index (χ1) is 11.6. The van der Waals surface area contributed by atoms with Crippen molar-refractivity contribution in [2.45, 2.75) is 58.2 Å². The molecule has 0 aliphatic carbocycles. The molecule has 0 spiro atoms. The lowest BCUT2D eigenvalue weighted by Gasteiger charge is -2.32. The number of hydrogen-bond donors (Lipinski definition) is 1. The number of likely N-dealkylation sites (tertiary alicyclic amines) is 2. The standard InChI is InChI=1S/C18H31N5O/c1-3-21-9-6-16(7-10-21)20-18(24)14-22-8-4-5-17(22)13-23-12-15(2)11-19-23/h11-12,16-17H,3-10,13-14H2,1-2H3,(H,20,24)/t17-/m1/s1. The monoisotopic (exact) mass is 333 g/mol. The van der Waals surface area contributed by atoms with E-state index in [1.165, 1.54) is 12.0 Å². The Labute approximate surface area is 145 Å². The van der Waals surface area contributed by atoms with Gasteiger partial charge in [0, 0.05) is 31.4 Å².